The lowest BCUT2D eigenvalue weighted by Crippen LogP contribution is -2.12. The first-order valence-corrected chi connectivity index (χ1v) is 6.40. The number of fused-ring (bicyclic) bond motifs is 3. The monoisotopic (exact) mass is 330 g/mol. The Bertz CT molecular complexity index is 766. The number of benzene rings is 1. The molecule has 0 aliphatic carbocycles. The molecule has 3 aromatic rings. The van der Waals surface area contributed by atoms with E-state index in [-0.39, 0.29) is 5.65 Å². The van der Waals surface area contributed by atoms with Crippen LogP contribution in [0.4, 0.5) is 13.2 Å². The van der Waals surface area contributed by atoms with Gasteiger partial charge in [-0.15, -0.1) is 10.2 Å². The SMILES string of the molecule is FC(F)(F)c1nnc2c(CBr)nc3ccccc3n12. The smallest absolute Gasteiger partial charge is 0.268 e. The normalized spacial score (nSPS) is 12.4. The first kappa shape index (κ1) is 12.3. The van der Waals surface area contributed by atoms with E-state index >= 15 is 0 Å². The summed E-state index contributed by atoms with van der Waals surface area (Å²) in [6.07, 6.45) is -4.56. The second kappa shape index (κ2) is 4.16. The van der Waals surface area contributed by atoms with E-state index in [4.69, 9.17) is 0 Å². The molecule has 0 saturated heterocycles. The molecule has 0 saturated carbocycles. The highest BCUT2D eigenvalue weighted by molar-refractivity contribution is 9.08. The Labute approximate surface area is 113 Å². The lowest BCUT2D eigenvalue weighted by Gasteiger charge is -2.08. The number of hydrogen-bond acceptors (Lipinski definition) is 3. The van der Waals surface area contributed by atoms with Crippen LogP contribution in [0.5, 0.6) is 0 Å². The number of para-hydroxylation sites is 2. The minimum Gasteiger partial charge on any atom is -0.268 e. The third-order valence-corrected chi connectivity index (χ3v) is 3.21. The Morgan fingerprint density at radius 2 is 1.89 bits per heavy atom. The fraction of sp³-hybridized carbons (Fsp3) is 0.182. The number of rotatable bonds is 1. The molecule has 0 aliphatic heterocycles. The number of hydrogen-bond donors (Lipinski definition) is 0. The molecule has 4 nitrogen and oxygen atoms in total. The summed E-state index contributed by atoms with van der Waals surface area (Å²) >= 11 is 3.20. The molecule has 8 heteroatoms. The van der Waals surface area contributed by atoms with Crippen LogP contribution in [0, 0.1) is 0 Å². The summed E-state index contributed by atoms with van der Waals surface area (Å²) in [6, 6.07) is 6.58. The van der Waals surface area contributed by atoms with Gasteiger partial charge in [0, 0.05) is 5.33 Å². The van der Waals surface area contributed by atoms with E-state index in [1.54, 1.807) is 24.3 Å². The van der Waals surface area contributed by atoms with E-state index in [1.165, 1.54) is 0 Å². The molecule has 0 amide bonds. The van der Waals surface area contributed by atoms with Crippen molar-refractivity contribution < 1.29 is 13.2 Å². The maximum absolute atomic E-state index is 13.0. The molecule has 2 aromatic heterocycles. The molecule has 0 unspecified atom stereocenters. The van der Waals surface area contributed by atoms with Crippen LogP contribution < -0.4 is 0 Å². The minimum atomic E-state index is -4.56. The van der Waals surface area contributed by atoms with Gasteiger partial charge < -0.3 is 0 Å². The van der Waals surface area contributed by atoms with Crippen LogP contribution in [0.1, 0.15) is 11.5 Å². The third kappa shape index (κ3) is 1.86. The minimum absolute atomic E-state index is 0.114. The van der Waals surface area contributed by atoms with Gasteiger partial charge >= 0.3 is 6.18 Å². The zero-order chi connectivity index (χ0) is 13.6. The average Bonchev–Trinajstić information content (AvgIpc) is 2.82. The van der Waals surface area contributed by atoms with Crippen LogP contribution >= 0.6 is 15.9 Å². The van der Waals surface area contributed by atoms with Crippen molar-refractivity contribution >= 4 is 32.6 Å². The molecule has 0 aliphatic rings. The van der Waals surface area contributed by atoms with Crippen molar-refractivity contribution in [3.8, 4) is 0 Å². The van der Waals surface area contributed by atoms with Crippen molar-refractivity contribution in [3.63, 3.8) is 0 Å². The highest BCUT2D eigenvalue weighted by Crippen LogP contribution is 2.30. The van der Waals surface area contributed by atoms with Gasteiger partial charge in [-0.25, -0.2) is 4.98 Å². The molecule has 0 fully saturated rings. The summed E-state index contributed by atoms with van der Waals surface area (Å²) in [6.45, 7) is 0. The molecule has 0 radical (unpaired) electrons. The van der Waals surface area contributed by atoms with Gasteiger partial charge in [-0.1, -0.05) is 28.1 Å². The zero-order valence-electron chi connectivity index (χ0n) is 9.32. The van der Waals surface area contributed by atoms with E-state index in [2.05, 4.69) is 31.1 Å². The van der Waals surface area contributed by atoms with E-state index in [1.807, 2.05) is 0 Å². The van der Waals surface area contributed by atoms with Crippen LogP contribution in [0.3, 0.4) is 0 Å². The van der Waals surface area contributed by atoms with Crippen LogP contribution in [0.15, 0.2) is 24.3 Å². The van der Waals surface area contributed by atoms with Gasteiger partial charge in [-0.3, -0.25) is 4.40 Å². The molecule has 2 heterocycles. The van der Waals surface area contributed by atoms with Crippen LogP contribution in [-0.2, 0) is 11.5 Å². The first-order valence-electron chi connectivity index (χ1n) is 5.28. The Balaban J connectivity index is 2.53. The fourth-order valence-electron chi connectivity index (χ4n) is 1.92. The highest BCUT2D eigenvalue weighted by Gasteiger charge is 2.38. The van der Waals surface area contributed by atoms with Gasteiger partial charge in [-0.05, 0) is 12.1 Å². The predicted molar refractivity (Wildman–Crippen MR) is 65.9 cm³/mol. The number of halogens is 4. The first-order chi connectivity index (χ1) is 9.02. The number of aromatic nitrogens is 4. The van der Waals surface area contributed by atoms with Gasteiger partial charge in [0.25, 0.3) is 0 Å². The summed E-state index contributed by atoms with van der Waals surface area (Å²) in [5.74, 6) is -1.04. The van der Waals surface area contributed by atoms with Crippen molar-refractivity contribution in [1.29, 1.82) is 0 Å². The molecule has 0 spiro atoms. The summed E-state index contributed by atoms with van der Waals surface area (Å²) in [5.41, 5.74) is 1.33. The average molecular weight is 331 g/mol. The maximum Gasteiger partial charge on any atom is 0.452 e. The molecule has 1 aromatic carbocycles. The number of nitrogens with zero attached hydrogens (tertiary/aromatic N) is 4. The molecule has 19 heavy (non-hydrogen) atoms. The quantitative estimate of drug-likeness (QED) is 0.643. The predicted octanol–water partition coefficient (Wildman–Crippen LogP) is 3.19. The Hall–Kier alpha value is -1.70. The molecule has 0 N–H and O–H groups in total. The van der Waals surface area contributed by atoms with Crippen molar-refractivity contribution in [3.05, 3.63) is 35.8 Å². The Kier molecular flexibility index (Phi) is 2.70. The van der Waals surface area contributed by atoms with Gasteiger partial charge in [0.15, 0.2) is 5.65 Å². The van der Waals surface area contributed by atoms with Crippen molar-refractivity contribution in [2.45, 2.75) is 11.5 Å². The Morgan fingerprint density at radius 1 is 1.16 bits per heavy atom. The third-order valence-electron chi connectivity index (χ3n) is 2.68. The zero-order valence-corrected chi connectivity index (χ0v) is 10.9. The second-order valence-electron chi connectivity index (χ2n) is 3.86. The van der Waals surface area contributed by atoms with Gasteiger partial charge in [0.1, 0.15) is 0 Å². The van der Waals surface area contributed by atoms with Crippen molar-refractivity contribution in [2.24, 2.45) is 0 Å². The fourth-order valence-corrected chi connectivity index (χ4v) is 2.29. The van der Waals surface area contributed by atoms with E-state index in [0.717, 1.165) is 4.40 Å². The molecule has 98 valence electrons. The molecule has 3 rings (SSSR count). The Morgan fingerprint density at radius 3 is 2.58 bits per heavy atom. The van der Waals surface area contributed by atoms with E-state index in [0.29, 0.717) is 22.1 Å². The summed E-state index contributed by atoms with van der Waals surface area (Å²) < 4.78 is 39.9. The maximum atomic E-state index is 13.0. The number of alkyl halides is 4. The van der Waals surface area contributed by atoms with Gasteiger partial charge in [0.05, 0.1) is 16.7 Å². The van der Waals surface area contributed by atoms with Gasteiger partial charge in [-0.2, -0.15) is 13.2 Å². The summed E-state index contributed by atoms with van der Waals surface area (Å²) in [5, 5.41) is 7.16. The molecule has 0 atom stereocenters. The second-order valence-corrected chi connectivity index (χ2v) is 4.42. The van der Waals surface area contributed by atoms with Crippen LogP contribution in [0.2, 0.25) is 0 Å². The molecular formula is C11H6BrF3N4. The van der Waals surface area contributed by atoms with E-state index in [9.17, 15) is 13.2 Å². The van der Waals surface area contributed by atoms with E-state index < -0.39 is 12.0 Å². The van der Waals surface area contributed by atoms with Crippen LogP contribution in [0.25, 0.3) is 16.7 Å². The molecule has 0 bridgehead atoms. The summed E-state index contributed by atoms with van der Waals surface area (Å²) in [4.78, 5) is 4.28. The van der Waals surface area contributed by atoms with Crippen molar-refractivity contribution in [2.75, 3.05) is 0 Å². The lowest BCUT2D eigenvalue weighted by molar-refractivity contribution is -0.145. The highest BCUT2D eigenvalue weighted by atomic mass is 79.9. The summed E-state index contributed by atoms with van der Waals surface area (Å²) in [7, 11) is 0. The van der Waals surface area contributed by atoms with Crippen molar-refractivity contribution in [1.82, 2.24) is 19.6 Å². The molecular weight excluding hydrogens is 325 g/mol. The lowest BCUT2D eigenvalue weighted by atomic mass is 10.3. The van der Waals surface area contributed by atoms with Gasteiger partial charge in [0.2, 0.25) is 5.82 Å². The topological polar surface area (TPSA) is 43.1 Å². The van der Waals surface area contributed by atoms with Crippen LogP contribution in [-0.4, -0.2) is 19.6 Å². The largest absolute Gasteiger partial charge is 0.452 e. The standard InChI is InChI=1S/C11H6BrF3N4/c12-5-7-9-17-18-10(11(13,14)15)19(9)8-4-2-1-3-6(8)16-7/h1-4H,5H2.